The number of hydrogen-bond acceptors (Lipinski definition) is 4. The third kappa shape index (κ3) is 1.79. The molecule has 0 saturated carbocycles. The van der Waals surface area contributed by atoms with Crippen molar-refractivity contribution >= 4 is 30.8 Å². The highest BCUT2D eigenvalue weighted by atomic mass is 35.7. The lowest BCUT2D eigenvalue weighted by Crippen LogP contribution is -1.96. The Kier molecular flexibility index (Phi) is 2.65. The topological polar surface area (TPSA) is 72.2 Å². The molecule has 0 amide bonds. The summed E-state index contributed by atoms with van der Waals surface area (Å²) in [6.45, 7) is -0.200. The van der Waals surface area contributed by atoms with E-state index in [2.05, 4.69) is 4.98 Å². The average Bonchev–Trinajstić information content (AvgIpc) is 2.54. The Morgan fingerprint density at radius 1 is 1.50 bits per heavy atom. The Balaban J connectivity index is 2.73. The van der Waals surface area contributed by atoms with Crippen molar-refractivity contribution in [3.63, 3.8) is 0 Å². The maximum absolute atomic E-state index is 11.1. The smallest absolute Gasteiger partial charge is 0.261 e. The number of fused-ring (bicyclic) bond motifs is 1. The number of aromatic nitrogens is 2. The lowest BCUT2D eigenvalue weighted by molar-refractivity contribution is 0.268. The Bertz CT molecular complexity index is 648. The summed E-state index contributed by atoms with van der Waals surface area (Å²) < 4.78 is 23.9. The minimum Gasteiger partial charge on any atom is -0.388 e. The van der Waals surface area contributed by atoms with E-state index in [1.54, 1.807) is 17.7 Å². The molecule has 0 aliphatic carbocycles. The third-order valence-electron chi connectivity index (χ3n) is 2.37. The van der Waals surface area contributed by atoms with E-state index >= 15 is 0 Å². The molecule has 86 valence electrons. The molecule has 0 unspecified atom stereocenters. The molecule has 1 aromatic heterocycles. The van der Waals surface area contributed by atoms with Gasteiger partial charge >= 0.3 is 0 Å². The van der Waals surface area contributed by atoms with E-state index in [1.807, 2.05) is 0 Å². The van der Waals surface area contributed by atoms with Gasteiger partial charge in [-0.1, -0.05) is 0 Å². The summed E-state index contributed by atoms with van der Waals surface area (Å²) in [5, 5.41) is 9.02. The fourth-order valence-electron chi connectivity index (χ4n) is 1.52. The van der Waals surface area contributed by atoms with E-state index in [9.17, 15) is 8.42 Å². The molecule has 0 fully saturated rings. The highest BCUT2D eigenvalue weighted by Crippen LogP contribution is 2.21. The number of aliphatic hydroxyl groups excluding tert-OH is 1. The van der Waals surface area contributed by atoms with Crippen LogP contribution >= 0.6 is 10.7 Å². The zero-order chi connectivity index (χ0) is 11.9. The molecule has 0 atom stereocenters. The van der Waals surface area contributed by atoms with Crippen LogP contribution in [0.4, 0.5) is 0 Å². The molecule has 0 radical (unpaired) electrons. The molecule has 7 heteroatoms. The highest BCUT2D eigenvalue weighted by molar-refractivity contribution is 8.13. The predicted octanol–water partition coefficient (Wildman–Crippen LogP) is 0.993. The molecule has 0 bridgehead atoms. The molecule has 2 aromatic rings. The second kappa shape index (κ2) is 3.73. The normalized spacial score (nSPS) is 12.2. The van der Waals surface area contributed by atoms with Crippen LogP contribution in [-0.4, -0.2) is 23.1 Å². The maximum atomic E-state index is 11.1. The number of nitrogens with zero attached hydrogens (tertiary/aromatic N) is 2. The van der Waals surface area contributed by atoms with Crippen LogP contribution in [0.5, 0.6) is 0 Å². The van der Waals surface area contributed by atoms with Crippen LogP contribution in [0.15, 0.2) is 23.1 Å². The monoisotopic (exact) mass is 260 g/mol. The van der Waals surface area contributed by atoms with Crippen molar-refractivity contribution < 1.29 is 13.5 Å². The zero-order valence-corrected chi connectivity index (χ0v) is 9.96. The summed E-state index contributed by atoms with van der Waals surface area (Å²) in [4.78, 5) is 4.10. The van der Waals surface area contributed by atoms with E-state index in [-0.39, 0.29) is 11.5 Å². The van der Waals surface area contributed by atoms with Crippen LogP contribution in [0.2, 0.25) is 0 Å². The zero-order valence-electron chi connectivity index (χ0n) is 8.38. The first-order valence-corrected chi connectivity index (χ1v) is 6.75. The molecule has 1 aromatic carbocycles. The molecule has 0 spiro atoms. The van der Waals surface area contributed by atoms with Gasteiger partial charge in [0.05, 0.1) is 15.9 Å². The second-order valence-electron chi connectivity index (χ2n) is 3.33. The molecule has 5 nitrogen and oxygen atoms in total. The Morgan fingerprint density at radius 3 is 2.75 bits per heavy atom. The molecular weight excluding hydrogens is 252 g/mol. The third-order valence-corrected chi connectivity index (χ3v) is 3.72. The number of imidazole rings is 1. The number of benzene rings is 1. The van der Waals surface area contributed by atoms with Crippen molar-refractivity contribution in [3.8, 4) is 0 Å². The molecular formula is C9H9ClN2O3S. The largest absolute Gasteiger partial charge is 0.388 e. The molecule has 16 heavy (non-hydrogen) atoms. The van der Waals surface area contributed by atoms with E-state index in [0.29, 0.717) is 11.3 Å². The van der Waals surface area contributed by atoms with Crippen molar-refractivity contribution in [2.75, 3.05) is 0 Å². The van der Waals surface area contributed by atoms with Crippen LogP contribution in [0.3, 0.4) is 0 Å². The Hall–Kier alpha value is -1.11. The van der Waals surface area contributed by atoms with Crippen molar-refractivity contribution in [3.05, 3.63) is 24.0 Å². The molecule has 0 aliphatic rings. The molecule has 1 N–H and O–H groups in total. The lowest BCUT2D eigenvalue weighted by atomic mass is 10.3. The van der Waals surface area contributed by atoms with Gasteiger partial charge in [0.15, 0.2) is 0 Å². The number of aliphatic hydroxyl groups is 1. The van der Waals surface area contributed by atoms with Gasteiger partial charge in [-0.3, -0.25) is 0 Å². The highest BCUT2D eigenvalue weighted by Gasteiger charge is 2.13. The molecule has 0 aliphatic heterocycles. The summed E-state index contributed by atoms with van der Waals surface area (Å²) in [6, 6.07) is 4.40. The van der Waals surface area contributed by atoms with E-state index in [4.69, 9.17) is 15.8 Å². The minimum atomic E-state index is -3.74. The van der Waals surface area contributed by atoms with Crippen LogP contribution in [0.1, 0.15) is 5.82 Å². The van der Waals surface area contributed by atoms with Gasteiger partial charge in [0.25, 0.3) is 9.05 Å². The number of aryl methyl sites for hydroxylation is 1. The van der Waals surface area contributed by atoms with Crippen molar-refractivity contribution in [2.45, 2.75) is 11.5 Å². The first-order chi connectivity index (χ1) is 7.43. The summed E-state index contributed by atoms with van der Waals surface area (Å²) in [7, 11) is 3.23. The average molecular weight is 261 g/mol. The van der Waals surface area contributed by atoms with Gasteiger partial charge in [0.2, 0.25) is 0 Å². The summed E-state index contributed by atoms with van der Waals surface area (Å²) in [5.41, 5.74) is 1.24. The first-order valence-electron chi connectivity index (χ1n) is 4.44. The van der Waals surface area contributed by atoms with Gasteiger partial charge in [-0.2, -0.15) is 0 Å². The fourth-order valence-corrected chi connectivity index (χ4v) is 2.29. The fraction of sp³-hybridized carbons (Fsp3) is 0.222. The van der Waals surface area contributed by atoms with Gasteiger partial charge in [-0.25, -0.2) is 13.4 Å². The number of rotatable bonds is 2. The summed E-state index contributed by atoms with van der Waals surface area (Å²) >= 11 is 0. The van der Waals surface area contributed by atoms with Crippen LogP contribution in [-0.2, 0) is 22.7 Å². The van der Waals surface area contributed by atoms with Crippen molar-refractivity contribution in [1.29, 1.82) is 0 Å². The quantitative estimate of drug-likeness (QED) is 0.818. The number of halogens is 1. The van der Waals surface area contributed by atoms with Crippen LogP contribution in [0, 0.1) is 0 Å². The van der Waals surface area contributed by atoms with Gasteiger partial charge in [-0.05, 0) is 18.2 Å². The summed E-state index contributed by atoms with van der Waals surface area (Å²) in [5.74, 6) is 0.471. The standard InChI is InChI=1S/C9H9ClN2O3S/c1-12-8-3-2-6(16(10,14)15)4-7(8)11-9(12)5-13/h2-4,13H,5H2,1H3. The predicted molar refractivity (Wildman–Crippen MR) is 59.7 cm³/mol. The molecule has 0 saturated heterocycles. The van der Waals surface area contributed by atoms with Gasteiger partial charge in [0.1, 0.15) is 12.4 Å². The van der Waals surface area contributed by atoms with Crippen LogP contribution in [0.25, 0.3) is 11.0 Å². The van der Waals surface area contributed by atoms with E-state index < -0.39 is 9.05 Å². The van der Waals surface area contributed by atoms with E-state index in [0.717, 1.165) is 5.52 Å². The van der Waals surface area contributed by atoms with Crippen LogP contribution < -0.4 is 0 Å². The maximum Gasteiger partial charge on any atom is 0.261 e. The SMILES string of the molecule is Cn1c(CO)nc2cc(S(=O)(=O)Cl)ccc21. The van der Waals surface area contributed by atoms with E-state index in [1.165, 1.54) is 12.1 Å². The van der Waals surface area contributed by atoms with Crippen molar-refractivity contribution in [1.82, 2.24) is 9.55 Å². The molecule has 1 heterocycles. The number of hydrogen-bond donors (Lipinski definition) is 1. The Morgan fingerprint density at radius 2 is 2.19 bits per heavy atom. The summed E-state index contributed by atoms with van der Waals surface area (Å²) in [6.07, 6.45) is 0. The van der Waals surface area contributed by atoms with Gasteiger partial charge in [-0.15, -0.1) is 0 Å². The molecule has 2 rings (SSSR count). The van der Waals surface area contributed by atoms with Crippen molar-refractivity contribution in [2.24, 2.45) is 7.05 Å². The Labute approximate surface area is 96.7 Å². The minimum absolute atomic E-state index is 0.00394. The lowest BCUT2D eigenvalue weighted by Gasteiger charge is -1.98. The second-order valence-corrected chi connectivity index (χ2v) is 5.90. The van der Waals surface area contributed by atoms with Gasteiger partial charge < -0.3 is 9.67 Å². The van der Waals surface area contributed by atoms with Gasteiger partial charge in [0, 0.05) is 17.7 Å². The first kappa shape index (κ1) is 11.4.